The van der Waals surface area contributed by atoms with Crippen LogP contribution in [0.25, 0.3) is 0 Å². The van der Waals surface area contributed by atoms with Crippen LogP contribution in [0.5, 0.6) is 0 Å². The number of aromatic nitrogens is 2. The highest BCUT2D eigenvalue weighted by Crippen LogP contribution is 2.23. The summed E-state index contributed by atoms with van der Waals surface area (Å²) >= 11 is 0. The Bertz CT molecular complexity index is 1080. The molecule has 0 aliphatic carbocycles. The molecule has 1 aromatic carbocycles. The molecule has 0 amide bonds. The number of nitrogens with zero attached hydrogens (tertiary/aromatic N) is 3. The van der Waals surface area contributed by atoms with Gasteiger partial charge in [-0.1, -0.05) is 57.2 Å². The molecule has 3 rings (SSSR count). The van der Waals surface area contributed by atoms with Crippen LogP contribution in [0.15, 0.2) is 71.9 Å². The van der Waals surface area contributed by atoms with Crippen molar-refractivity contribution < 1.29 is 8.42 Å². The van der Waals surface area contributed by atoms with Crippen molar-refractivity contribution in [1.29, 1.82) is 0 Å². The van der Waals surface area contributed by atoms with Gasteiger partial charge in [0.05, 0.1) is 12.2 Å². The fourth-order valence-electron chi connectivity index (χ4n) is 3.20. The molecule has 0 fully saturated rings. The molecule has 0 aliphatic heterocycles. The van der Waals surface area contributed by atoms with Gasteiger partial charge >= 0.3 is 0 Å². The van der Waals surface area contributed by atoms with E-state index in [4.69, 9.17) is 5.73 Å². The van der Waals surface area contributed by atoms with E-state index < -0.39 is 10.0 Å². The molecular weight excluding hydrogens is 396 g/mol. The van der Waals surface area contributed by atoms with Gasteiger partial charge in [-0.25, -0.2) is 18.4 Å². The highest BCUT2D eigenvalue weighted by atomic mass is 32.2. The Morgan fingerprint density at radius 3 is 2.20 bits per heavy atom. The number of nitrogen functional groups attached to an aromatic ring is 1. The van der Waals surface area contributed by atoms with E-state index in [-0.39, 0.29) is 23.5 Å². The van der Waals surface area contributed by atoms with Gasteiger partial charge in [0.15, 0.2) is 5.03 Å². The fraction of sp³-hybridized carbons (Fsp3) is 0.304. The summed E-state index contributed by atoms with van der Waals surface area (Å²) in [5, 5.41) is 0.0123. The van der Waals surface area contributed by atoms with Crippen LogP contribution < -0.4 is 5.73 Å². The van der Waals surface area contributed by atoms with E-state index >= 15 is 0 Å². The van der Waals surface area contributed by atoms with Crippen molar-refractivity contribution >= 4 is 15.8 Å². The molecule has 0 aliphatic rings. The minimum absolute atomic E-state index is 0.0123. The Hall–Kier alpha value is -2.77. The molecule has 158 valence electrons. The van der Waals surface area contributed by atoms with Gasteiger partial charge in [-0.05, 0) is 47.2 Å². The molecule has 0 spiro atoms. The maximum Gasteiger partial charge on any atom is 0.261 e. The molecule has 3 aromatic rings. The fourth-order valence-corrected chi connectivity index (χ4v) is 4.53. The van der Waals surface area contributed by atoms with Gasteiger partial charge in [-0.3, -0.25) is 0 Å². The summed E-state index contributed by atoms with van der Waals surface area (Å²) in [4.78, 5) is 8.32. The van der Waals surface area contributed by atoms with Gasteiger partial charge in [0.2, 0.25) is 0 Å². The summed E-state index contributed by atoms with van der Waals surface area (Å²) in [6.07, 6.45) is 2.43. The van der Waals surface area contributed by atoms with Crippen molar-refractivity contribution in [3.05, 3.63) is 83.7 Å². The van der Waals surface area contributed by atoms with Crippen molar-refractivity contribution in [1.82, 2.24) is 14.3 Å². The molecule has 6 nitrogen and oxygen atoms in total. The molecular formula is C23H28N4O2S. The van der Waals surface area contributed by atoms with E-state index in [2.05, 4.69) is 42.9 Å². The monoisotopic (exact) mass is 424 g/mol. The van der Waals surface area contributed by atoms with Crippen molar-refractivity contribution in [3.63, 3.8) is 0 Å². The molecule has 2 heterocycles. The van der Waals surface area contributed by atoms with E-state index in [0.717, 1.165) is 12.0 Å². The number of anilines is 1. The van der Waals surface area contributed by atoms with Gasteiger partial charge in [0, 0.05) is 12.7 Å². The first-order chi connectivity index (χ1) is 14.1. The maximum absolute atomic E-state index is 13.3. The quantitative estimate of drug-likeness (QED) is 0.618. The lowest BCUT2D eigenvalue weighted by Crippen LogP contribution is -2.31. The molecule has 2 aromatic heterocycles. The lowest BCUT2D eigenvalue weighted by molar-refractivity contribution is 0.395. The summed E-state index contributed by atoms with van der Waals surface area (Å²) in [7, 11) is -3.81. The molecule has 7 heteroatoms. The predicted molar refractivity (Wildman–Crippen MR) is 119 cm³/mol. The van der Waals surface area contributed by atoms with Gasteiger partial charge in [-0.15, -0.1) is 0 Å². The average molecular weight is 425 g/mol. The molecule has 0 atom stereocenters. The average Bonchev–Trinajstić information content (AvgIpc) is 2.68. The van der Waals surface area contributed by atoms with Crippen LogP contribution in [0.4, 0.5) is 5.82 Å². The minimum Gasteiger partial charge on any atom is -0.384 e. The number of nitrogens with two attached hydrogens (primary N) is 1. The summed E-state index contributed by atoms with van der Waals surface area (Å²) in [5.41, 5.74) is 8.68. The largest absolute Gasteiger partial charge is 0.384 e. The van der Waals surface area contributed by atoms with E-state index in [1.54, 1.807) is 30.3 Å². The van der Waals surface area contributed by atoms with E-state index in [0.29, 0.717) is 11.5 Å². The van der Waals surface area contributed by atoms with Crippen LogP contribution in [-0.4, -0.2) is 22.7 Å². The van der Waals surface area contributed by atoms with Crippen LogP contribution in [0, 0.1) is 5.41 Å². The number of hydrogen-bond donors (Lipinski definition) is 1. The maximum atomic E-state index is 13.3. The smallest absolute Gasteiger partial charge is 0.261 e. The highest BCUT2D eigenvalue weighted by molar-refractivity contribution is 7.89. The zero-order valence-corrected chi connectivity index (χ0v) is 18.4. The zero-order chi connectivity index (χ0) is 21.8. The van der Waals surface area contributed by atoms with Gasteiger partial charge < -0.3 is 5.73 Å². The Balaban J connectivity index is 1.89. The third kappa shape index (κ3) is 5.87. The number of rotatable bonds is 7. The standard InChI is InChI=1S/C23H28N4O2S/c1-23(2,3)15-18-10-12-19(13-11-18)16-27(17-20-7-6-8-21(24)26-20)30(28,29)22-9-4-5-14-25-22/h4-14H,15-17H2,1-3H3,(H2,24,26). The summed E-state index contributed by atoms with van der Waals surface area (Å²) < 4.78 is 28.0. The Labute approximate surface area is 178 Å². The molecule has 0 unspecified atom stereocenters. The van der Waals surface area contributed by atoms with Crippen LogP contribution in [0.3, 0.4) is 0 Å². The second-order valence-electron chi connectivity index (χ2n) is 8.55. The van der Waals surface area contributed by atoms with Crippen molar-refractivity contribution in [2.75, 3.05) is 5.73 Å². The lowest BCUT2D eigenvalue weighted by Gasteiger charge is -2.22. The first kappa shape index (κ1) is 21.9. The first-order valence-electron chi connectivity index (χ1n) is 9.84. The van der Waals surface area contributed by atoms with Crippen LogP contribution in [-0.2, 0) is 29.5 Å². The normalized spacial score (nSPS) is 12.3. The molecule has 30 heavy (non-hydrogen) atoms. The molecule has 2 N–H and O–H groups in total. The predicted octanol–water partition coefficient (Wildman–Crippen LogP) is 4.04. The van der Waals surface area contributed by atoms with E-state index in [9.17, 15) is 8.42 Å². The second-order valence-corrected chi connectivity index (χ2v) is 10.4. The number of sulfonamides is 1. The Morgan fingerprint density at radius 1 is 0.900 bits per heavy atom. The topological polar surface area (TPSA) is 89.2 Å². The van der Waals surface area contributed by atoms with Crippen LogP contribution in [0.2, 0.25) is 0 Å². The molecule has 0 bridgehead atoms. The van der Waals surface area contributed by atoms with Crippen LogP contribution >= 0.6 is 0 Å². The SMILES string of the molecule is CC(C)(C)Cc1ccc(CN(Cc2cccc(N)n2)S(=O)(=O)c2ccccn2)cc1. The van der Waals surface area contributed by atoms with E-state index in [1.807, 2.05) is 12.1 Å². The molecule has 0 saturated heterocycles. The summed E-state index contributed by atoms with van der Waals surface area (Å²) in [6, 6.07) is 18.2. The van der Waals surface area contributed by atoms with Gasteiger partial charge in [0.1, 0.15) is 5.82 Å². The van der Waals surface area contributed by atoms with Gasteiger partial charge in [0.25, 0.3) is 10.0 Å². The third-order valence-corrected chi connectivity index (χ3v) is 6.23. The second kappa shape index (κ2) is 8.93. The summed E-state index contributed by atoms with van der Waals surface area (Å²) in [5.74, 6) is 0.356. The zero-order valence-electron chi connectivity index (χ0n) is 17.6. The van der Waals surface area contributed by atoms with Crippen molar-refractivity contribution in [2.24, 2.45) is 5.41 Å². The third-order valence-electron chi connectivity index (χ3n) is 4.52. The lowest BCUT2D eigenvalue weighted by atomic mass is 9.88. The number of hydrogen-bond acceptors (Lipinski definition) is 5. The van der Waals surface area contributed by atoms with E-state index in [1.165, 1.54) is 22.1 Å². The van der Waals surface area contributed by atoms with Crippen molar-refractivity contribution in [2.45, 2.75) is 45.3 Å². The Kier molecular flexibility index (Phi) is 6.53. The van der Waals surface area contributed by atoms with Gasteiger partial charge in [-0.2, -0.15) is 4.31 Å². The van der Waals surface area contributed by atoms with Crippen LogP contribution in [0.1, 0.15) is 37.6 Å². The highest BCUT2D eigenvalue weighted by Gasteiger charge is 2.26. The molecule has 0 saturated carbocycles. The molecule has 0 radical (unpaired) electrons. The summed E-state index contributed by atoms with van der Waals surface area (Å²) in [6.45, 7) is 6.90. The minimum atomic E-state index is -3.81. The first-order valence-corrected chi connectivity index (χ1v) is 11.3. The number of benzene rings is 1. The number of pyridine rings is 2. The van der Waals surface area contributed by atoms with Crippen molar-refractivity contribution in [3.8, 4) is 0 Å². The Morgan fingerprint density at radius 2 is 1.60 bits per heavy atom.